The van der Waals surface area contributed by atoms with Crippen LogP contribution in [-0.2, 0) is 4.74 Å². The lowest BCUT2D eigenvalue weighted by Crippen LogP contribution is -2.21. The number of likely N-dealkylation sites (N-methyl/N-ethyl adjacent to an activating group) is 1. The van der Waals surface area contributed by atoms with E-state index in [-0.39, 0.29) is 0 Å². The first-order valence-electron chi connectivity index (χ1n) is 5.11. The highest BCUT2D eigenvalue weighted by molar-refractivity contribution is 6.30. The minimum atomic E-state index is 0.531. The number of hydrogen-bond acceptors (Lipinski definition) is 4. The molecule has 0 atom stereocenters. The van der Waals surface area contributed by atoms with Crippen LogP contribution in [-0.4, -0.2) is 43.9 Å². The average Bonchev–Trinajstić information content (AvgIpc) is 2.34. The molecular formula is C12H16ClN3O. The molecule has 1 rings (SSSR count). The summed E-state index contributed by atoms with van der Waals surface area (Å²) < 4.78 is 5.01. The van der Waals surface area contributed by atoms with E-state index in [2.05, 4.69) is 23.3 Å². The molecule has 0 saturated heterocycles. The van der Waals surface area contributed by atoms with E-state index < -0.39 is 0 Å². The maximum Gasteiger partial charge on any atom is 0.111 e. The highest BCUT2D eigenvalue weighted by Crippen LogP contribution is 2.27. The van der Waals surface area contributed by atoms with Gasteiger partial charge in [-0.3, -0.25) is 9.98 Å². The molecular weight excluding hydrogens is 238 g/mol. The summed E-state index contributed by atoms with van der Waals surface area (Å²) in [6.07, 6.45) is 1.57. The molecule has 4 nitrogen and oxygen atoms in total. The van der Waals surface area contributed by atoms with Crippen LogP contribution in [0.4, 0.5) is 5.69 Å². The molecule has 0 spiro atoms. The van der Waals surface area contributed by atoms with Gasteiger partial charge in [-0.25, -0.2) is 0 Å². The number of hydrogen-bond donors (Lipinski definition) is 0. The van der Waals surface area contributed by atoms with E-state index in [0.29, 0.717) is 23.0 Å². The average molecular weight is 254 g/mol. The van der Waals surface area contributed by atoms with Gasteiger partial charge >= 0.3 is 0 Å². The Hall–Kier alpha value is -1.39. The van der Waals surface area contributed by atoms with Gasteiger partial charge in [-0.15, -0.1) is 0 Å². The van der Waals surface area contributed by atoms with Gasteiger partial charge in [0.05, 0.1) is 23.0 Å². The fourth-order valence-corrected chi connectivity index (χ4v) is 1.47. The molecule has 0 aliphatic carbocycles. The summed E-state index contributed by atoms with van der Waals surface area (Å²) in [5.74, 6) is 0. The van der Waals surface area contributed by atoms with Crippen LogP contribution in [0.2, 0.25) is 5.02 Å². The van der Waals surface area contributed by atoms with Crippen molar-refractivity contribution in [2.24, 2.45) is 4.99 Å². The number of halogens is 1. The van der Waals surface area contributed by atoms with E-state index in [0.717, 1.165) is 12.2 Å². The monoisotopic (exact) mass is 253 g/mol. The molecule has 0 aromatic carbocycles. The standard InChI is InChI=1S/C12H16ClN3O/c1-9(16(3)5-6-17-4)12-11(14-2)7-10(13)8-15-12/h7-8H,1-2,5-6H2,3-4H3. The predicted octanol–water partition coefficient (Wildman–Crippen LogP) is 2.62. The van der Waals surface area contributed by atoms with Crippen molar-refractivity contribution in [3.63, 3.8) is 0 Å². The normalized spacial score (nSPS) is 10.1. The van der Waals surface area contributed by atoms with Crippen LogP contribution in [0.3, 0.4) is 0 Å². The molecule has 1 aromatic rings. The second kappa shape index (κ2) is 6.37. The predicted molar refractivity (Wildman–Crippen MR) is 72.0 cm³/mol. The maximum atomic E-state index is 5.85. The van der Waals surface area contributed by atoms with Gasteiger partial charge in [0.1, 0.15) is 5.69 Å². The van der Waals surface area contributed by atoms with Crippen molar-refractivity contribution in [2.45, 2.75) is 0 Å². The Kier molecular flexibility index (Phi) is 5.12. The van der Waals surface area contributed by atoms with Gasteiger partial charge < -0.3 is 9.64 Å². The van der Waals surface area contributed by atoms with Crippen LogP contribution in [0, 0.1) is 0 Å². The molecule has 17 heavy (non-hydrogen) atoms. The van der Waals surface area contributed by atoms with Crippen LogP contribution in [0.1, 0.15) is 5.69 Å². The summed E-state index contributed by atoms with van der Waals surface area (Å²) in [4.78, 5) is 10.1. The van der Waals surface area contributed by atoms with Gasteiger partial charge in [0.2, 0.25) is 0 Å². The first-order valence-corrected chi connectivity index (χ1v) is 5.49. The molecule has 5 heteroatoms. The Morgan fingerprint density at radius 1 is 1.65 bits per heavy atom. The molecule has 0 radical (unpaired) electrons. The van der Waals surface area contributed by atoms with Crippen molar-refractivity contribution in [2.75, 3.05) is 27.3 Å². The zero-order valence-corrected chi connectivity index (χ0v) is 10.9. The van der Waals surface area contributed by atoms with Gasteiger partial charge in [0.15, 0.2) is 0 Å². The lowest BCUT2D eigenvalue weighted by molar-refractivity contribution is 0.180. The van der Waals surface area contributed by atoms with Crippen LogP contribution >= 0.6 is 11.6 Å². The first kappa shape index (κ1) is 13.7. The molecule has 0 fully saturated rings. The molecule has 92 valence electrons. The third kappa shape index (κ3) is 3.54. The highest BCUT2D eigenvalue weighted by Gasteiger charge is 2.11. The van der Waals surface area contributed by atoms with E-state index in [1.54, 1.807) is 19.4 Å². The minimum Gasteiger partial charge on any atom is -0.383 e. The maximum absolute atomic E-state index is 5.85. The molecule has 0 amide bonds. The molecule has 1 aromatic heterocycles. The molecule has 0 bridgehead atoms. The van der Waals surface area contributed by atoms with Crippen molar-refractivity contribution in [3.8, 4) is 0 Å². The summed E-state index contributed by atoms with van der Waals surface area (Å²) in [5.41, 5.74) is 2.08. The number of pyridine rings is 1. The van der Waals surface area contributed by atoms with Crippen LogP contribution in [0.5, 0.6) is 0 Å². The van der Waals surface area contributed by atoms with Crippen molar-refractivity contribution in [1.82, 2.24) is 9.88 Å². The van der Waals surface area contributed by atoms with Gasteiger partial charge in [-0.1, -0.05) is 18.2 Å². The number of aromatic nitrogens is 1. The van der Waals surface area contributed by atoms with Gasteiger partial charge in [0.25, 0.3) is 0 Å². The summed E-state index contributed by atoms with van der Waals surface area (Å²) >= 11 is 5.85. The summed E-state index contributed by atoms with van der Waals surface area (Å²) in [6.45, 7) is 8.85. The Bertz CT molecular complexity index is 420. The molecule has 0 N–H and O–H groups in total. The lowest BCUT2D eigenvalue weighted by atomic mass is 10.2. The number of nitrogens with zero attached hydrogens (tertiary/aromatic N) is 3. The number of rotatable bonds is 6. The third-order valence-electron chi connectivity index (χ3n) is 2.37. The zero-order valence-electron chi connectivity index (χ0n) is 10.1. The van der Waals surface area contributed by atoms with E-state index in [9.17, 15) is 0 Å². The minimum absolute atomic E-state index is 0.531. The summed E-state index contributed by atoms with van der Waals surface area (Å²) in [7, 11) is 3.58. The van der Waals surface area contributed by atoms with Crippen molar-refractivity contribution in [1.29, 1.82) is 0 Å². The highest BCUT2D eigenvalue weighted by atomic mass is 35.5. The van der Waals surface area contributed by atoms with Crippen molar-refractivity contribution >= 4 is 29.7 Å². The number of ether oxygens (including phenoxy) is 1. The summed E-state index contributed by atoms with van der Waals surface area (Å²) in [5, 5.41) is 0.531. The van der Waals surface area contributed by atoms with E-state index in [1.165, 1.54) is 0 Å². The Labute approximate surface area is 107 Å². The number of aliphatic imine (C=N–C) groups is 1. The second-order valence-corrected chi connectivity index (χ2v) is 3.98. The quantitative estimate of drug-likeness (QED) is 0.732. The molecule has 1 heterocycles. The van der Waals surface area contributed by atoms with Crippen LogP contribution < -0.4 is 0 Å². The Morgan fingerprint density at radius 3 is 2.94 bits per heavy atom. The van der Waals surface area contributed by atoms with Gasteiger partial charge in [0, 0.05) is 26.9 Å². The van der Waals surface area contributed by atoms with Gasteiger partial charge in [-0.2, -0.15) is 0 Å². The van der Waals surface area contributed by atoms with E-state index >= 15 is 0 Å². The molecule has 0 aliphatic rings. The van der Waals surface area contributed by atoms with Crippen LogP contribution in [0.25, 0.3) is 5.70 Å². The SMILES string of the molecule is C=Nc1cc(Cl)cnc1C(=C)N(C)CCOC. The van der Waals surface area contributed by atoms with E-state index in [4.69, 9.17) is 16.3 Å². The third-order valence-corrected chi connectivity index (χ3v) is 2.58. The van der Waals surface area contributed by atoms with Crippen LogP contribution in [0.15, 0.2) is 23.8 Å². The van der Waals surface area contributed by atoms with E-state index in [1.807, 2.05) is 11.9 Å². The van der Waals surface area contributed by atoms with Crippen molar-refractivity contribution < 1.29 is 4.74 Å². The fraction of sp³-hybridized carbons (Fsp3) is 0.333. The first-order chi connectivity index (χ1) is 8.10. The smallest absolute Gasteiger partial charge is 0.111 e. The largest absolute Gasteiger partial charge is 0.383 e. The van der Waals surface area contributed by atoms with Gasteiger partial charge in [-0.05, 0) is 12.8 Å². The number of methoxy groups -OCH3 is 1. The summed E-state index contributed by atoms with van der Waals surface area (Å²) in [6, 6.07) is 1.71. The topological polar surface area (TPSA) is 37.7 Å². The fourth-order valence-electron chi connectivity index (χ4n) is 1.32. The Balaban J connectivity index is 2.91. The molecule has 0 aliphatic heterocycles. The molecule has 0 saturated carbocycles. The van der Waals surface area contributed by atoms with Crippen molar-refractivity contribution in [3.05, 3.63) is 29.6 Å². The zero-order chi connectivity index (χ0) is 12.8. The second-order valence-electron chi connectivity index (χ2n) is 3.54. The lowest BCUT2D eigenvalue weighted by Gasteiger charge is -2.21. The Morgan fingerprint density at radius 2 is 2.35 bits per heavy atom. The molecule has 0 unspecified atom stereocenters.